The maximum Gasteiger partial charge on any atom is 0.260 e. The minimum absolute atomic E-state index is 0.263. The number of halogens is 3. The lowest BCUT2D eigenvalue weighted by Crippen LogP contribution is -2.12. The number of carbonyl (C=O) groups excluding carboxylic acids is 1. The zero-order chi connectivity index (χ0) is 18.0. The fourth-order valence-corrected chi connectivity index (χ4v) is 2.96. The van der Waals surface area contributed by atoms with Crippen LogP contribution in [0, 0.1) is 0 Å². The van der Waals surface area contributed by atoms with E-state index in [-0.39, 0.29) is 11.7 Å². The molecule has 0 spiro atoms. The summed E-state index contributed by atoms with van der Waals surface area (Å²) < 4.78 is 3.23. The number of hydrogen-bond acceptors (Lipinski definition) is 3. The molecule has 1 amide bonds. The van der Waals surface area contributed by atoms with Gasteiger partial charge in [-0.05, 0) is 19.1 Å². The van der Waals surface area contributed by atoms with Crippen molar-refractivity contribution >= 4 is 46.5 Å². The summed E-state index contributed by atoms with van der Waals surface area (Å²) in [5.41, 5.74) is 1.16. The van der Waals surface area contributed by atoms with Crippen LogP contribution in [0.25, 0.3) is 0 Å². The highest BCUT2D eigenvalue weighted by Crippen LogP contribution is 2.27. The van der Waals surface area contributed by atoms with Gasteiger partial charge in [0.15, 0.2) is 5.82 Å². The van der Waals surface area contributed by atoms with E-state index < -0.39 is 0 Å². The van der Waals surface area contributed by atoms with Crippen LogP contribution in [0.2, 0.25) is 15.1 Å². The summed E-state index contributed by atoms with van der Waals surface area (Å²) in [5, 5.41) is 12.4. The fourth-order valence-electron chi connectivity index (χ4n) is 2.24. The Labute approximate surface area is 159 Å². The van der Waals surface area contributed by atoms with Crippen LogP contribution in [0.5, 0.6) is 0 Å². The molecule has 0 aliphatic carbocycles. The first kappa shape index (κ1) is 17.8. The number of anilines is 1. The molecule has 9 heteroatoms. The Kier molecular flexibility index (Phi) is 5.32. The summed E-state index contributed by atoms with van der Waals surface area (Å²) in [5.74, 6) is -0.0679. The third-order valence-electron chi connectivity index (χ3n) is 3.55. The third-order valence-corrected chi connectivity index (χ3v) is 4.54. The SMILES string of the molecule is CCn1cc(C(=O)Nc2nn(Cc3c(Cl)cccc3Cl)cc2Cl)cn1. The largest absolute Gasteiger partial charge is 0.304 e. The highest BCUT2D eigenvalue weighted by atomic mass is 35.5. The minimum atomic E-state index is -0.331. The topological polar surface area (TPSA) is 64.7 Å². The number of carbonyl (C=O) groups is 1. The number of rotatable bonds is 5. The molecule has 25 heavy (non-hydrogen) atoms. The summed E-state index contributed by atoms with van der Waals surface area (Å²) in [4.78, 5) is 12.3. The van der Waals surface area contributed by atoms with Crippen molar-refractivity contribution in [1.82, 2.24) is 19.6 Å². The molecule has 1 N–H and O–H groups in total. The molecule has 0 atom stereocenters. The molecule has 0 aliphatic rings. The van der Waals surface area contributed by atoms with Crippen molar-refractivity contribution in [2.45, 2.75) is 20.0 Å². The van der Waals surface area contributed by atoms with E-state index in [1.54, 1.807) is 40.0 Å². The number of aryl methyl sites for hydroxylation is 1. The van der Waals surface area contributed by atoms with Crippen LogP contribution in [0.1, 0.15) is 22.8 Å². The van der Waals surface area contributed by atoms with E-state index in [9.17, 15) is 4.79 Å². The predicted molar refractivity (Wildman–Crippen MR) is 98.7 cm³/mol. The zero-order valence-electron chi connectivity index (χ0n) is 13.2. The quantitative estimate of drug-likeness (QED) is 0.694. The number of nitrogens with zero attached hydrogens (tertiary/aromatic N) is 4. The molecule has 0 bridgehead atoms. The van der Waals surface area contributed by atoms with Crippen LogP contribution >= 0.6 is 34.8 Å². The molecular formula is C16H14Cl3N5O. The van der Waals surface area contributed by atoms with Gasteiger partial charge in [-0.3, -0.25) is 14.2 Å². The number of hydrogen-bond donors (Lipinski definition) is 1. The zero-order valence-corrected chi connectivity index (χ0v) is 15.5. The van der Waals surface area contributed by atoms with Gasteiger partial charge >= 0.3 is 0 Å². The van der Waals surface area contributed by atoms with E-state index in [2.05, 4.69) is 15.5 Å². The first-order valence-corrected chi connectivity index (χ1v) is 8.61. The maximum absolute atomic E-state index is 12.3. The molecule has 3 rings (SSSR count). The average Bonchev–Trinajstić information content (AvgIpc) is 3.18. The first-order valence-electron chi connectivity index (χ1n) is 7.47. The molecule has 1 aromatic carbocycles. The third kappa shape index (κ3) is 3.98. The highest BCUT2D eigenvalue weighted by Gasteiger charge is 2.15. The molecule has 2 aromatic heterocycles. The number of nitrogens with one attached hydrogen (secondary N) is 1. The van der Waals surface area contributed by atoms with Gasteiger partial charge in [0.1, 0.15) is 5.02 Å². The first-order chi connectivity index (χ1) is 12.0. The van der Waals surface area contributed by atoms with Crippen LogP contribution in [0.15, 0.2) is 36.8 Å². The van der Waals surface area contributed by atoms with E-state index in [1.165, 1.54) is 6.20 Å². The Balaban J connectivity index is 1.77. The molecule has 0 aliphatic heterocycles. The number of benzene rings is 1. The molecule has 0 unspecified atom stereocenters. The molecule has 0 fully saturated rings. The molecule has 0 saturated carbocycles. The van der Waals surface area contributed by atoms with Crippen LogP contribution < -0.4 is 5.32 Å². The fraction of sp³-hybridized carbons (Fsp3) is 0.188. The van der Waals surface area contributed by atoms with Gasteiger partial charge in [-0.15, -0.1) is 0 Å². The van der Waals surface area contributed by atoms with Crippen molar-refractivity contribution in [1.29, 1.82) is 0 Å². The molecular weight excluding hydrogens is 385 g/mol. The second-order valence-electron chi connectivity index (χ2n) is 5.26. The van der Waals surface area contributed by atoms with Crippen molar-refractivity contribution in [3.05, 3.63) is 63.0 Å². The van der Waals surface area contributed by atoms with Crippen LogP contribution in [-0.4, -0.2) is 25.5 Å². The van der Waals surface area contributed by atoms with Crippen molar-refractivity contribution < 1.29 is 4.79 Å². The van der Waals surface area contributed by atoms with E-state index in [0.29, 0.717) is 33.7 Å². The average molecular weight is 399 g/mol. The van der Waals surface area contributed by atoms with E-state index in [4.69, 9.17) is 34.8 Å². The van der Waals surface area contributed by atoms with Gasteiger partial charge in [0, 0.05) is 34.5 Å². The maximum atomic E-state index is 12.3. The Morgan fingerprint density at radius 1 is 1.12 bits per heavy atom. The lowest BCUT2D eigenvalue weighted by Gasteiger charge is -2.06. The van der Waals surface area contributed by atoms with Crippen molar-refractivity contribution in [2.24, 2.45) is 0 Å². The molecule has 0 radical (unpaired) electrons. The Hall–Kier alpha value is -2.02. The normalized spacial score (nSPS) is 10.9. The van der Waals surface area contributed by atoms with Crippen LogP contribution in [0.4, 0.5) is 5.82 Å². The number of aromatic nitrogens is 4. The summed E-state index contributed by atoms with van der Waals surface area (Å²) in [6.07, 6.45) is 4.75. The second kappa shape index (κ2) is 7.47. The lowest BCUT2D eigenvalue weighted by molar-refractivity contribution is 0.102. The van der Waals surface area contributed by atoms with Gasteiger partial charge in [0.25, 0.3) is 5.91 Å². The van der Waals surface area contributed by atoms with Crippen LogP contribution in [0.3, 0.4) is 0 Å². The monoisotopic (exact) mass is 397 g/mol. The Morgan fingerprint density at radius 2 is 1.84 bits per heavy atom. The summed E-state index contributed by atoms with van der Waals surface area (Å²) in [6.45, 7) is 2.95. The standard InChI is InChI=1S/C16H14Cl3N5O/c1-2-23-7-10(6-20-23)16(25)21-15-14(19)9-24(22-15)8-11-12(17)4-3-5-13(11)18/h3-7,9H,2,8H2,1H3,(H,21,22,25). The van der Waals surface area contributed by atoms with Gasteiger partial charge in [0.05, 0.1) is 18.3 Å². The van der Waals surface area contributed by atoms with Crippen molar-refractivity contribution in [2.75, 3.05) is 5.32 Å². The summed E-state index contributed by atoms with van der Waals surface area (Å²) >= 11 is 18.5. The van der Waals surface area contributed by atoms with Gasteiger partial charge in [-0.1, -0.05) is 40.9 Å². The molecule has 130 valence electrons. The summed E-state index contributed by atoms with van der Waals surface area (Å²) in [6, 6.07) is 5.27. The number of amides is 1. The van der Waals surface area contributed by atoms with E-state index >= 15 is 0 Å². The Morgan fingerprint density at radius 3 is 2.48 bits per heavy atom. The van der Waals surface area contributed by atoms with E-state index in [0.717, 1.165) is 5.56 Å². The smallest absolute Gasteiger partial charge is 0.260 e. The van der Waals surface area contributed by atoms with Crippen molar-refractivity contribution in [3.8, 4) is 0 Å². The molecule has 6 nitrogen and oxygen atoms in total. The second-order valence-corrected chi connectivity index (χ2v) is 6.48. The minimum Gasteiger partial charge on any atom is -0.304 e. The van der Waals surface area contributed by atoms with Gasteiger partial charge in [-0.25, -0.2) is 0 Å². The Bertz CT molecular complexity index is 898. The van der Waals surface area contributed by atoms with Gasteiger partial charge < -0.3 is 5.32 Å². The van der Waals surface area contributed by atoms with Crippen LogP contribution in [-0.2, 0) is 13.1 Å². The van der Waals surface area contributed by atoms with Crippen molar-refractivity contribution in [3.63, 3.8) is 0 Å². The predicted octanol–water partition coefficient (Wildman–Crippen LogP) is 4.36. The van der Waals surface area contributed by atoms with Gasteiger partial charge in [-0.2, -0.15) is 10.2 Å². The lowest BCUT2D eigenvalue weighted by atomic mass is 10.2. The summed E-state index contributed by atoms with van der Waals surface area (Å²) in [7, 11) is 0. The molecule has 0 saturated heterocycles. The van der Waals surface area contributed by atoms with E-state index in [1.807, 2.05) is 6.92 Å². The van der Waals surface area contributed by atoms with Gasteiger partial charge in [0.2, 0.25) is 0 Å². The molecule has 3 aromatic rings. The highest BCUT2D eigenvalue weighted by molar-refractivity contribution is 6.36. The molecule has 2 heterocycles.